The zero-order chi connectivity index (χ0) is 17.5. The van der Waals surface area contributed by atoms with E-state index < -0.39 is 6.10 Å². The van der Waals surface area contributed by atoms with Gasteiger partial charge in [0.05, 0.1) is 6.54 Å². The van der Waals surface area contributed by atoms with Crippen LogP contribution >= 0.6 is 0 Å². The Labute approximate surface area is 145 Å². The maximum Gasteiger partial charge on any atom is 0.261 e. The van der Waals surface area contributed by atoms with Crippen LogP contribution in [0.5, 0.6) is 5.75 Å². The highest BCUT2D eigenvalue weighted by molar-refractivity contribution is 5.80. The molecule has 1 heterocycles. The van der Waals surface area contributed by atoms with Crippen LogP contribution in [0.3, 0.4) is 0 Å². The van der Waals surface area contributed by atoms with Gasteiger partial charge in [0, 0.05) is 5.56 Å². The minimum Gasteiger partial charge on any atom is -0.481 e. The summed E-state index contributed by atoms with van der Waals surface area (Å²) in [4.78, 5) is 16.6. The van der Waals surface area contributed by atoms with Crippen molar-refractivity contribution in [1.29, 1.82) is 0 Å². The van der Waals surface area contributed by atoms with E-state index in [-0.39, 0.29) is 12.5 Å². The summed E-state index contributed by atoms with van der Waals surface area (Å²) in [5, 5.41) is 6.70. The molecule has 1 N–H and O–H groups in total. The molecule has 1 atom stereocenters. The van der Waals surface area contributed by atoms with Crippen molar-refractivity contribution in [2.45, 2.75) is 26.0 Å². The Morgan fingerprint density at radius 2 is 1.80 bits per heavy atom. The minimum absolute atomic E-state index is 0.160. The first-order valence-corrected chi connectivity index (χ1v) is 8.13. The molecule has 3 rings (SSSR count). The zero-order valence-corrected chi connectivity index (χ0v) is 13.9. The van der Waals surface area contributed by atoms with Crippen LogP contribution in [0.4, 0.5) is 0 Å². The highest BCUT2D eigenvalue weighted by atomic mass is 16.5. The fourth-order valence-electron chi connectivity index (χ4n) is 2.29. The lowest BCUT2D eigenvalue weighted by Crippen LogP contribution is -2.37. The number of nitrogens with zero attached hydrogens (tertiary/aromatic N) is 2. The second-order valence-corrected chi connectivity index (χ2v) is 5.42. The van der Waals surface area contributed by atoms with E-state index in [0.29, 0.717) is 23.9 Å². The lowest BCUT2D eigenvalue weighted by atomic mass is 10.2. The Morgan fingerprint density at radius 3 is 2.48 bits per heavy atom. The fraction of sp³-hybridized carbons (Fsp3) is 0.211. The Kier molecular flexibility index (Phi) is 5.41. The van der Waals surface area contributed by atoms with E-state index in [0.717, 1.165) is 5.56 Å². The maximum atomic E-state index is 12.3. The minimum atomic E-state index is -0.570. The van der Waals surface area contributed by atoms with E-state index in [2.05, 4.69) is 15.5 Å². The number of benzene rings is 2. The second-order valence-electron chi connectivity index (χ2n) is 5.42. The number of para-hydroxylation sites is 1. The van der Waals surface area contributed by atoms with E-state index in [4.69, 9.17) is 9.26 Å². The van der Waals surface area contributed by atoms with Crippen LogP contribution in [0.25, 0.3) is 11.4 Å². The predicted molar refractivity (Wildman–Crippen MR) is 92.7 cm³/mol. The lowest BCUT2D eigenvalue weighted by molar-refractivity contribution is -0.128. The van der Waals surface area contributed by atoms with Crippen LogP contribution in [0.2, 0.25) is 0 Å². The van der Waals surface area contributed by atoms with Gasteiger partial charge in [-0.1, -0.05) is 60.6 Å². The first-order valence-electron chi connectivity index (χ1n) is 8.13. The number of nitrogens with one attached hydrogen (secondary N) is 1. The summed E-state index contributed by atoms with van der Waals surface area (Å²) in [5.41, 5.74) is 0.864. The molecule has 0 saturated carbocycles. The van der Waals surface area contributed by atoms with Gasteiger partial charge in [0.1, 0.15) is 5.75 Å². The van der Waals surface area contributed by atoms with Gasteiger partial charge in [-0.25, -0.2) is 0 Å². The van der Waals surface area contributed by atoms with Gasteiger partial charge in [0.25, 0.3) is 5.91 Å². The first-order chi connectivity index (χ1) is 12.3. The smallest absolute Gasteiger partial charge is 0.261 e. The number of ether oxygens (including phenoxy) is 1. The summed E-state index contributed by atoms with van der Waals surface area (Å²) >= 11 is 0. The van der Waals surface area contributed by atoms with Gasteiger partial charge in [0.2, 0.25) is 11.7 Å². The molecule has 0 bridgehead atoms. The summed E-state index contributed by atoms with van der Waals surface area (Å²) < 4.78 is 10.9. The molecule has 0 fully saturated rings. The van der Waals surface area contributed by atoms with Crippen LogP contribution in [-0.4, -0.2) is 22.2 Å². The van der Waals surface area contributed by atoms with Gasteiger partial charge in [-0.15, -0.1) is 0 Å². The van der Waals surface area contributed by atoms with Crippen LogP contribution < -0.4 is 10.1 Å². The van der Waals surface area contributed by atoms with Crippen LogP contribution in [-0.2, 0) is 11.3 Å². The average molecular weight is 337 g/mol. The standard InChI is InChI=1S/C19H19N3O3/c1-2-16(24-15-11-7-4-8-12-15)19(23)20-13-17-21-18(22-25-17)14-9-5-3-6-10-14/h3-12,16H,2,13H2,1H3,(H,20,23). The SMILES string of the molecule is CCC(Oc1ccccc1)C(=O)NCc1nc(-c2ccccc2)no1. The third kappa shape index (κ3) is 4.44. The normalized spacial score (nSPS) is 11.7. The topological polar surface area (TPSA) is 77.2 Å². The second kappa shape index (κ2) is 8.10. The van der Waals surface area contributed by atoms with Gasteiger partial charge >= 0.3 is 0 Å². The highest BCUT2D eigenvalue weighted by Gasteiger charge is 2.19. The molecule has 6 nitrogen and oxygen atoms in total. The molecular formula is C19H19N3O3. The molecule has 1 amide bonds. The Hall–Kier alpha value is -3.15. The summed E-state index contributed by atoms with van der Waals surface area (Å²) in [6, 6.07) is 18.8. The van der Waals surface area contributed by atoms with E-state index in [1.807, 2.05) is 67.6 Å². The van der Waals surface area contributed by atoms with Crippen molar-refractivity contribution < 1.29 is 14.1 Å². The van der Waals surface area contributed by atoms with Crippen molar-refractivity contribution in [2.75, 3.05) is 0 Å². The van der Waals surface area contributed by atoms with Crippen molar-refractivity contribution in [3.8, 4) is 17.1 Å². The quantitative estimate of drug-likeness (QED) is 0.716. The van der Waals surface area contributed by atoms with Gasteiger partial charge in [-0.05, 0) is 18.6 Å². The Balaban J connectivity index is 1.57. The maximum absolute atomic E-state index is 12.3. The number of carbonyl (C=O) groups excluding carboxylic acids is 1. The summed E-state index contributed by atoms with van der Waals surface area (Å²) in [5.74, 6) is 1.29. The van der Waals surface area contributed by atoms with E-state index in [9.17, 15) is 4.79 Å². The Morgan fingerprint density at radius 1 is 1.12 bits per heavy atom. The molecule has 1 aromatic heterocycles. The third-order valence-electron chi connectivity index (χ3n) is 3.60. The van der Waals surface area contributed by atoms with E-state index in [1.165, 1.54) is 0 Å². The summed E-state index contributed by atoms with van der Waals surface area (Å²) in [7, 11) is 0. The summed E-state index contributed by atoms with van der Waals surface area (Å²) in [6.45, 7) is 2.06. The van der Waals surface area contributed by atoms with E-state index >= 15 is 0 Å². The van der Waals surface area contributed by atoms with Crippen molar-refractivity contribution in [3.05, 3.63) is 66.6 Å². The number of amides is 1. The molecule has 0 aliphatic heterocycles. The molecule has 0 saturated heterocycles. The molecule has 0 aliphatic carbocycles. The van der Waals surface area contributed by atoms with Gasteiger partial charge in [0.15, 0.2) is 6.10 Å². The molecule has 0 spiro atoms. The number of aromatic nitrogens is 2. The van der Waals surface area contributed by atoms with Gasteiger partial charge < -0.3 is 14.6 Å². The molecule has 0 radical (unpaired) electrons. The largest absolute Gasteiger partial charge is 0.481 e. The van der Waals surface area contributed by atoms with Crippen molar-refractivity contribution in [1.82, 2.24) is 15.5 Å². The predicted octanol–water partition coefficient (Wildman–Crippen LogP) is 3.21. The molecule has 6 heteroatoms. The van der Waals surface area contributed by atoms with Gasteiger partial charge in [-0.2, -0.15) is 4.98 Å². The van der Waals surface area contributed by atoms with Crippen LogP contribution in [0.1, 0.15) is 19.2 Å². The molecule has 128 valence electrons. The fourth-order valence-corrected chi connectivity index (χ4v) is 2.29. The third-order valence-corrected chi connectivity index (χ3v) is 3.60. The molecule has 1 unspecified atom stereocenters. The number of rotatable bonds is 7. The van der Waals surface area contributed by atoms with Crippen LogP contribution in [0.15, 0.2) is 65.2 Å². The van der Waals surface area contributed by atoms with Crippen molar-refractivity contribution in [2.24, 2.45) is 0 Å². The molecule has 25 heavy (non-hydrogen) atoms. The van der Waals surface area contributed by atoms with Crippen molar-refractivity contribution in [3.63, 3.8) is 0 Å². The van der Waals surface area contributed by atoms with E-state index in [1.54, 1.807) is 0 Å². The molecule has 2 aromatic carbocycles. The van der Waals surface area contributed by atoms with Crippen LogP contribution in [0, 0.1) is 0 Å². The summed E-state index contributed by atoms with van der Waals surface area (Å²) in [6.07, 6.45) is -0.0151. The number of hydrogen-bond donors (Lipinski definition) is 1. The first kappa shape index (κ1) is 16.7. The average Bonchev–Trinajstić information content (AvgIpc) is 3.15. The monoisotopic (exact) mass is 337 g/mol. The van der Waals surface area contributed by atoms with Gasteiger partial charge in [-0.3, -0.25) is 4.79 Å². The number of carbonyl (C=O) groups is 1. The molecule has 0 aliphatic rings. The number of hydrogen-bond acceptors (Lipinski definition) is 5. The highest BCUT2D eigenvalue weighted by Crippen LogP contribution is 2.15. The lowest BCUT2D eigenvalue weighted by Gasteiger charge is -2.16. The molecular weight excluding hydrogens is 318 g/mol. The Bertz CT molecular complexity index is 803. The zero-order valence-electron chi connectivity index (χ0n) is 13.9. The van der Waals surface area contributed by atoms with Crippen molar-refractivity contribution >= 4 is 5.91 Å². The molecule has 3 aromatic rings.